The molecule has 0 saturated carbocycles. The summed E-state index contributed by atoms with van der Waals surface area (Å²) in [6, 6.07) is 0. The Morgan fingerprint density at radius 2 is 1.89 bits per heavy atom. The third-order valence-electron chi connectivity index (χ3n) is 4.91. The van der Waals surface area contributed by atoms with Gasteiger partial charge in [-0.05, 0) is 32.6 Å². The number of carbonyl (C=O) groups excluding carboxylic acids is 1. The van der Waals surface area contributed by atoms with Gasteiger partial charge in [0.05, 0.1) is 12.2 Å². The van der Waals surface area contributed by atoms with Crippen LogP contribution in [0.1, 0.15) is 53.4 Å². The number of Topliss-reactive ketones (excluding diaryl/α,β-unsaturated/α-hetero) is 1. The first kappa shape index (κ1) is 24.9. The summed E-state index contributed by atoms with van der Waals surface area (Å²) in [5.41, 5.74) is 0.122. The van der Waals surface area contributed by atoms with Crippen LogP contribution in [-0.4, -0.2) is 69.1 Å². The van der Waals surface area contributed by atoms with E-state index in [1.165, 1.54) is 0 Å². The average molecular weight is 401 g/mol. The molecule has 0 aromatic carbocycles. The number of hydrogen-bond acceptors (Lipinski definition) is 7. The molecular formula is C21H36O7. The Balaban J connectivity index is 2.66. The van der Waals surface area contributed by atoms with E-state index in [1.807, 2.05) is 26.8 Å². The van der Waals surface area contributed by atoms with Gasteiger partial charge in [-0.1, -0.05) is 31.6 Å². The van der Waals surface area contributed by atoms with E-state index in [1.54, 1.807) is 13.0 Å². The molecule has 0 bridgehead atoms. The number of ether oxygens (including phenoxy) is 2. The predicted octanol–water partition coefficient (Wildman–Crippen LogP) is 1.48. The van der Waals surface area contributed by atoms with Crippen LogP contribution in [0.25, 0.3) is 0 Å². The molecular weight excluding hydrogens is 364 g/mol. The smallest absolute Gasteiger partial charge is 0.187 e. The SMILES string of the molecule is C=C[C@](C)(CC/C=C(\C)CC(=O)CC(C)C)O[C@@H]1O[C@H](CO)[C@@H](O)[C@H](O)[C@H]1O. The van der Waals surface area contributed by atoms with Gasteiger partial charge in [-0.25, -0.2) is 0 Å². The second-order valence-electron chi connectivity index (χ2n) is 8.23. The van der Waals surface area contributed by atoms with Crippen LogP contribution >= 0.6 is 0 Å². The van der Waals surface area contributed by atoms with Crippen molar-refractivity contribution in [2.24, 2.45) is 5.92 Å². The lowest BCUT2D eigenvalue weighted by Gasteiger charge is -2.42. The molecule has 4 N–H and O–H groups in total. The van der Waals surface area contributed by atoms with Gasteiger partial charge in [-0.2, -0.15) is 0 Å². The first-order chi connectivity index (χ1) is 13.0. The first-order valence-corrected chi connectivity index (χ1v) is 9.82. The van der Waals surface area contributed by atoms with Crippen LogP contribution in [0, 0.1) is 5.92 Å². The van der Waals surface area contributed by atoms with Crippen molar-refractivity contribution in [3.63, 3.8) is 0 Å². The molecule has 0 aliphatic carbocycles. The zero-order valence-electron chi connectivity index (χ0n) is 17.4. The largest absolute Gasteiger partial charge is 0.394 e. The fourth-order valence-electron chi connectivity index (χ4n) is 3.16. The van der Waals surface area contributed by atoms with Crippen LogP contribution in [0.15, 0.2) is 24.3 Å². The number of allylic oxidation sites excluding steroid dienone is 2. The third kappa shape index (κ3) is 7.39. The second-order valence-corrected chi connectivity index (χ2v) is 8.23. The van der Waals surface area contributed by atoms with E-state index < -0.39 is 42.9 Å². The Labute approximate surface area is 167 Å². The van der Waals surface area contributed by atoms with Crippen molar-refractivity contribution in [2.45, 2.75) is 89.7 Å². The molecule has 7 nitrogen and oxygen atoms in total. The number of rotatable bonds is 11. The van der Waals surface area contributed by atoms with Crippen LogP contribution in [0.5, 0.6) is 0 Å². The topological polar surface area (TPSA) is 116 Å². The number of carbonyl (C=O) groups is 1. The normalized spacial score (nSPS) is 30.9. The molecule has 1 aliphatic rings. The summed E-state index contributed by atoms with van der Waals surface area (Å²) in [5, 5.41) is 39.2. The Kier molecular flexibility index (Phi) is 9.97. The van der Waals surface area contributed by atoms with E-state index in [-0.39, 0.29) is 5.78 Å². The number of ketones is 1. The minimum absolute atomic E-state index is 0.216. The maximum Gasteiger partial charge on any atom is 0.187 e. The average Bonchev–Trinajstić information content (AvgIpc) is 2.61. The minimum atomic E-state index is -1.49. The summed E-state index contributed by atoms with van der Waals surface area (Å²) in [5.74, 6) is 0.559. The summed E-state index contributed by atoms with van der Waals surface area (Å²) < 4.78 is 11.2. The van der Waals surface area contributed by atoms with Crippen molar-refractivity contribution in [3.8, 4) is 0 Å². The Morgan fingerprint density at radius 3 is 2.43 bits per heavy atom. The van der Waals surface area contributed by atoms with Crippen molar-refractivity contribution in [3.05, 3.63) is 24.3 Å². The lowest BCUT2D eigenvalue weighted by atomic mass is 9.96. The fraction of sp³-hybridized carbons (Fsp3) is 0.762. The van der Waals surface area contributed by atoms with Gasteiger partial charge in [-0.15, -0.1) is 6.58 Å². The van der Waals surface area contributed by atoms with E-state index in [0.29, 0.717) is 31.6 Å². The summed E-state index contributed by atoms with van der Waals surface area (Å²) >= 11 is 0. The molecule has 7 heteroatoms. The molecule has 1 fully saturated rings. The number of aliphatic hydroxyl groups is 4. The highest BCUT2D eigenvalue weighted by Crippen LogP contribution is 2.29. The van der Waals surface area contributed by atoms with Gasteiger partial charge < -0.3 is 29.9 Å². The summed E-state index contributed by atoms with van der Waals surface area (Å²) in [6.45, 7) is 11.0. The molecule has 1 heterocycles. The van der Waals surface area contributed by atoms with E-state index >= 15 is 0 Å². The van der Waals surface area contributed by atoms with Crippen molar-refractivity contribution in [2.75, 3.05) is 6.61 Å². The van der Waals surface area contributed by atoms with E-state index in [0.717, 1.165) is 5.57 Å². The van der Waals surface area contributed by atoms with Gasteiger partial charge in [0.2, 0.25) is 0 Å². The molecule has 1 rings (SSSR count). The molecule has 0 unspecified atom stereocenters. The highest BCUT2D eigenvalue weighted by molar-refractivity contribution is 5.80. The minimum Gasteiger partial charge on any atom is -0.394 e. The van der Waals surface area contributed by atoms with E-state index in [9.17, 15) is 25.2 Å². The lowest BCUT2D eigenvalue weighted by Crippen LogP contribution is -2.60. The predicted molar refractivity (Wildman–Crippen MR) is 106 cm³/mol. The van der Waals surface area contributed by atoms with Crippen LogP contribution in [0.3, 0.4) is 0 Å². The molecule has 0 aromatic heterocycles. The van der Waals surface area contributed by atoms with Crippen LogP contribution in [0.2, 0.25) is 0 Å². The molecule has 28 heavy (non-hydrogen) atoms. The molecule has 0 aromatic rings. The first-order valence-electron chi connectivity index (χ1n) is 9.82. The van der Waals surface area contributed by atoms with Crippen LogP contribution in [-0.2, 0) is 14.3 Å². The van der Waals surface area contributed by atoms with E-state index in [4.69, 9.17) is 9.47 Å². The van der Waals surface area contributed by atoms with Crippen molar-refractivity contribution in [1.29, 1.82) is 0 Å². The molecule has 0 radical (unpaired) electrons. The zero-order chi connectivity index (χ0) is 21.5. The molecule has 162 valence electrons. The Morgan fingerprint density at radius 1 is 1.25 bits per heavy atom. The molecule has 1 saturated heterocycles. The second kappa shape index (κ2) is 11.2. The highest BCUT2D eigenvalue weighted by Gasteiger charge is 2.45. The maximum atomic E-state index is 11.9. The monoisotopic (exact) mass is 400 g/mol. The summed E-state index contributed by atoms with van der Waals surface area (Å²) in [7, 11) is 0. The molecule has 0 amide bonds. The molecule has 1 aliphatic heterocycles. The van der Waals surface area contributed by atoms with Gasteiger partial charge in [0.15, 0.2) is 6.29 Å². The summed E-state index contributed by atoms with van der Waals surface area (Å²) in [4.78, 5) is 11.9. The standard InChI is InChI=1S/C21H36O7/c1-6-21(5,9-7-8-14(4)11-15(23)10-13(2)3)28-20-19(26)18(25)17(24)16(12-22)27-20/h6,8,13,16-20,22,24-26H,1,7,9-12H2,2-5H3/b14-8+/t16-,17-,18+,19-,20+,21-/m1/s1. The Hall–Kier alpha value is -1.09. The highest BCUT2D eigenvalue weighted by atomic mass is 16.7. The van der Waals surface area contributed by atoms with Crippen LogP contribution in [0.4, 0.5) is 0 Å². The van der Waals surface area contributed by atoms with Gasteiger partial charge >= 0.3 is 0 Å². The fourth-order valence-corrected chi connectivity index (χ4v) is 3.16. The maximum absolute atomic E-state index is 11.9. The quantitative estimate of drug-likeness (QED) is 0.388. The number of hydrogen-bond donors (Lipinski definition) is 4. The third-order valence-corrected chi connectivity index (χ3v) is 4.91. The molecule has 0 spiro atoms. The summed E-state index contributed by atoms with van der Waals surface area (Å²) in [6.07, 6.45) is -0.902. The van der Waals surface area contributed by atoms with Crippen molar-refractivity contribution < 1.29 is 34.7 Å². The van der Waals surface area contributed by atoms with E-state index in [2.05, 4.69) is 6.58 Å². The van der Waals surface area contributed by atoms with Gasteiger partial charge in [0.1, 0.15) is 30.2 Å². The zero-order valence-corrected chi connectivity index (χ0v) is 17.4. The Bertz CT molecular complexity index is 543. The molecule has 6 atom stereocenters. The van der Waals surface area contributed by atoms with Crippen LogP contribution < -0.4 is 0 Å². The van der Waals surface area contributed by atoms with Gasteiger partial charge in [-0.3, -0.25) is 4.79 Å². The number of aliphatic hydroxyl groups excluding tert-OH is 4. The van der Waals surface area contributed by atoms with Crippen molar-refractivity contribution >= 4 is 5.78 Å². The van der Waals surface area contributed by atoms with Crippen molar-refractivity contribution in [1.82, 2.24) is 0 Å². The van der Waals surface area contributed by atoms with Gasteiger partial charge in [0.25, 0.3) is 0 Å². The lowest BCUT2D eigenvalue weighted by molar-refractivity contribution is -0.319. The van der Waals surface area contributed by atoms with Gasteiger partial charge in [0, 0.05) is 12.8 Å².